The minimum atomic E-state index is -0.138. The number of carbonyl (C=O) groups excluding carboxylic acids is 1. The van der Waals surface area contributed by atoms with Crippen molar-refractivity contribution in [1.29, 1.82) is 0 Å². The summed E-state index contributed by atoms with van der Waals surface area (Å²) in [5, 5.41) is 4.88. The minimum absolute atomic E-state index is 0.0240. The number of allylic oxidation sites excluding steroid dienone is 1. The Balaban J connectivity index is 1.81. The number of rotatable bonds is 8. The fourth-order valence-corrected chi connectivity index (χ4v) is 2.78. The number of methoxy groups -OCH3 is 1. The lowest BCUT2D eigenvalue weighted by Crippen LogP contribution is -2.30. The van der Waals surface area contributed by atoms with E-state index in [9.17, 15) is 4.79 Å². The summed E-state index contributed by atoms with van der Waals surface area (Å²) >= 11 is 1.69. The number of hydrogen-bond donors (Lipinski definition) is 1. The van der Waals surface area contributed by atoms with E-state index < -0.39 is 0 Å². The molecule has 23 heavy (non-hydrogen) atoms. The van der Waals surface area contributed by atoms with E-state index in [1.165, 1.54) is 4.88 Å². The van der Waals surface area contributed by atoms with Crippen molar-refractivity contribution in [2.45, 2.75) is 13.3 Å². The summed E-state index contributed by atoms with van der Waals surface area (Å²) in [5.41, 5.74) is 1.03. The minimum Gasteiger partial charge on any atom is -0.493 e. The van der Waals surface area contributed by atoms with Gasteiger partial charge in [0.1, 0.15) is 0 Å². The zero-order valence-corrected chi connectivity index (χ0v) is 14.2. The maximum Gasteiger partial charge on any atom is 0.257 e. The van der Waals surface area contributed by atoms with Crippen LogP contribution in [0.4, 0.5) is 0 Å². The van der Waals surface area contributed by atoms with Crippen LogP contribution in [0.15, 0.2) is 41.8 Å². The molecule has 0 spiro atoms. The van der Waals surface area contributed by atoms with Gasteiger partial charge in [-0.15, -0.1) is 11.3 Å². The normalized spacial score (nSPS) is 10.7. The van der Waals surface area contributed by atoms with Crippen molar-refractivity contribution in [3.8, 4) is 11.5 Å². The van der Waals surface area contributed by atoms with Gasteiger partial charge >= 0.3 is 0 Å². The maximum absolute atomic E-state index is 11.8. The molecule has 2 aromatic rings. The van der Waals surface area contributed by atoms with Gasteiger partial charge in [0.25, 0.3) is 5.91 Å². The molecule has 1 aromatic heterocycles. The van der Waals surface area contributed by atoms with Crippen molar-refractivity contribution < 1.29 is 14.3 Å². The summed E-state index contributed by atoms with van der Waals surface area (Å²) in [6.07, 6.45) is 4.77. The zero-order chi connectivity index (χ0) is 16.5. The summed E-state index contributed by atoms with van der Waals surface area (Å²) in [6, 6.07) is 9.68. The Kier molecular flexibility index (Phi) is 6.69. The SMILES string of the molecule is C/C=C/c1ccc(OCC(=O)NCCc2cccs2)c(OC)c1. The van der Waals surface area contributed by atoms with E-state index in [0.717, 1.165) is 12.0 Å². The molecule has 0 aliphatic rings. The lowest BCUT2D eigenvalue weighted by atomic mass is 10.2. The van der Waals surface area contributed by atoms with Crippen molar-refractivity contribution >= 4 is 23.3 Å². The van der Waals surface area contributed by atoms with E-state index in [1.807, 2.05) is 48.7 Å². The molecule has 0 bridgehead atoms. The number of ether oxygens (including phenoxy) is 2. The fraction of sp³-hybridized carbons (Fsp3) is 0.278. The highest BCUT2D eigenvalue weighted by Gasteiger charge is 2.08. The predicted molar refractivity (Wildman–Crippen MR) is 94.2 cm³/mol. The quantitative estimate of drug-likeness (QED) is 0.805. The average Bonchev–Trinajstić information content (AvgIpc) is 3.07. The molecule has 0 radical (unpaired) electrons. The predicted octanol–water partition coefficient (Wildman–Crippen LogP) is 3.53. The van der Waals surface area contributed by atoms with Crippen LogP contribution in [0.3, 0.4) is 0 Å². The highest BCUT2D eigenvalue weighted by molar-refractivity contribution is 7.09. The highest BCUT2D eigenvalue weighted by atomic mass is 32.1. The van der Waals surface area contributed by atoms with Gasteiger partial charge in [0.05, 0.1) is 7.11 Å². The van der Waals surface area contributed by atoms with Gasteiger partial charge in [-0.25, -0.2) is 0 Å². The highest BCUT2D eigenvalue weighted by Crippen LogP contribution is 2.28. The summed E-state index contributed by atoms with van der Waals surface area (Å²) in [7, 11) is 1.59. The summed E-state index contributed by atoms with van der Waals surface area (Å²) in [5.74, 6) is 1.04. The van der Waals surface area contributed by atoms with E-state index in [0.29, 0.717) is 18.0 Å². The van der Waals surface area contributed by atoms with Crippen molar-refractivity contribution in [2.75, 3.05) is 20.3 Å². The number of thiophene rings is 1. The summed E-state index contributed by atoms with van der Waals surface area (Å²) in [6.45, 7) is 2.54. The van der Waals surface area contributed by atoms with Crippen molar-refractivity contribution in [3.05, 3.63) is 52.2 Å². The molecule has 0 saturated heterocycles. The van der Waals surface area contributed by atoms with Gasteiger partial charge in [0, 0.05) is 11.4 Å². The second-order valence-electron chi connectivity index (χ2n) is 4.88. The molecular weight excluding hydrogens is 310 g/mol. The second-order valence-corrected chi connectivity index (χ2v) is 5.91. The molecule has 1 aromatic carbocycles. The fourth-order valence-electron chi connectivity index (χ4n) is 2.07. The molecule has 0 fully saturated rings. The maximum atomic E-state index is 11.8. The van der Waals surface area contributed by atoms with Crippen molar-refractivity contribution in [2.24, 2.45) is 0 Å². The molecule has 0 aliphatic heterocycles. The van der Waals surface area contributed by atoms with E-state index in [1.54, 1.807) is 18.4 Å². The lowest BCUT2D eigenvalue weighted by molar-refractivity contribution is -0.123. The van der Waals surface area contributed by atoms with Crippen LogP contribution in [0, 0.1) is 0 Å². The van der Waals surface area contributed by atoms with Crippen LogP contribution < -0.4 is 14.8 Å². The van der Waals surface area contributed by atoms with Crippen molar-refractivity contribution in [3.63, 3.8) is 0 Å². The third kappa shape index (κ3) is 5.45. The number of benzene rings is 1. The largest absolute Gasteiger partial charge is 0.493 e. The van der Waals surface area contributed by atoms with E-state index in [2.05, 4.69) is 11.4 Å². The Morgan fingerprint density at radius 2 is 2.17 bits per heavy atom. The molecular formula is C18H21NO3S. The Labute approximate surface area is 140 Å². The summed E-state index contributed by atoms with van der Waals surface area (Å²) < 4.78 is 10.9. The van der Waals surface area contributed by atoms with Crippen molar-refractivity contribution in [1.82, 2.24) is 5.32 Å². The molecule has 122 valence electrons. The third-order valence-corrected chi connectivity index (χ3v) is 4.12. The molecule has 1 heterocycles. The Hall–Kier alpha value is -2.27. The smallest absolute Gasteiger partial charge is 0.257 e. The Morgan fingerprint density at radius 1 is 1.30 bits per heavy atom. The molecule has 5 heteroatoms. The first-order valence-electron chi connectivity index (χ1n) is 7.45. The van der Waals surface area contributed by atoms with Crippen LogP contribution >= 0.6 is 11.3 Å². The van der Waals surface area contributed by atoms with Crippen LogP contribution in [0.2, 0.25) is 0 Å². The molecule has 1 amide bonds. The first-order chi connectivity index (χ1) is 11.2. The number of nitrogens with one attached hydrogen (secondary N) is 1. The molecule has 0 atom stereocenters. The standard InChI is InChI=1S/C18H21NO3S/c1-3-5-14-7-8-16(17(12-14)21-2)22-13-18(20)19-10-9-15-6-4-11-23-15/h3-8,11-12H,9-10,13H2,1-2H3,(H,19,20)/b5-3+. The van der Waals surface area contributed by atoms with Crippen LogP contribution in [-0.2, 0) is 11.2 Å². The average molecular weight is 331 g/mol. The van der Waals surface area contributed by atoms with Gasteiger partial charge in [0.15, 0.2) is 18.1 Å². The number of hydrogen-bond acceptors (Lipinski definition) is 4. The first kappa shape index (κ1) is 17.1. The lowest BCUT2D eigenvalue weighted by Gasteiger charge is -2.11. The third-order valence-electron chi connectivity index (χ3n) is 3.18. The number of amides is 1. The van der Waals surface area contributed by atoms with Crippen LogP contribution in [0.1, 0.15) is 17.4 Å². The molecule has 4 nitrogen and oxygen atoms in total. The second kappa shape index (κ2) is 9.00. The van der Waals surface area contributed by atoms with Gasteiger partial charge in [-0.1, -0.05) is 24.3 Å². The molecule has 1 N–H and O–H groups in total. The monoisotopic (exact) mass is 331 g/mol. The Bertz CT molecular complexity index is 650. The molecule has 0 aliphatic carbocycles. The van der Waals surface area contributed by atoms with Crippen LogP contribution in [-0.4, -0.2) is 26.2 Å². The van der Waals surface area contributed by atoms with Crippen LogP contribution in [0.25, 0.3) is 6.08 Å². The number of carbonyl (C=O) groups is 1. The molecule has 0 unspecified atom stereocenters. The first-order valence-corrected chi connectivity index (χ1v) is 8.33. The van der Waals surface area contributed by atoms with E-state index in [4.69, 9.17) is 9.47 Å². The van der Waals surface area contributed by atoms with E-state index in [-0.39, 0.29) is 12.5 Å². The molecule has 2 rings (SSSR count). The zero-order valence-electron chi connectivity index (χ0n) is 13.4. The van der Waals surface area contributed by atoms with Gasteiger partial charge in [0.2, 0.25) is 0 Å². The van der Waals surface area contributed by atoms with Gasteiger partial charge in [-0.3, -0.25) is 4.79 Å². The van der Waals surface area contributed by atoms with Gasteiger partial charge < -0.3 is 14.8 Å². The molecule has 0 saturated carbocycles. The van der Waals surface area contributed by atoms with Gasteiger partial charge in [-0.05, 0) is 42.5 Å². The topological polar surface area (TPSA) is 47.6 Å². The van der Waals surface area contributed by atoms with Crippen LogP contribution in [0.5, 0.6) is 11.5 Å². The van der Waals surface area contributed by atoms with Gasteiger partial charge in [-0.2, -0.15) is 0 Å². The summed E-state index contributed by atoms with van der Waals surface area (Å²) in [4.78, 5) is 13.1. The van der Waals surface area contributed by atoms with E-state index >= 15 is 0 Å². The Morgan fingerprint density at radius 3 is 2.87 bits per heavy atom.